The van der Waals surface area contributed by atoms with Gasteiger partial charge in [-0.1, -0.05) is 70.5 Å². The molecular weight excluding hydrogens is 1510 g/mol. The molecule has 564 valence electrons. The summed E-state index contributed by atoms with van der Waals surface area (Å²) in [4.78, 5) is 87.0. The maximum absolute atomic E-state index is 14.0. The zero-order chi connectivity index (χ0) is 75.4. The number of rotatable bonds is 30. The molecule has 4 aromatic heterocycles. The Bertz CT molecular complexity index is 4570. The van der Waals surface area contributed by atoms with E-state index in [9.17, 15) is 42.5 Å². The van der Waals surface area contributed by atoms with Gasteiger partial charge in [0.05, 0.1) is 40.1 Å². The van der Waals surface area contributed by atoms with Gasteiger partial charge in [0.2, 0.25) is 0 Å². The number of H-pyrrole nitrogens is 1. The van der Waals surface area contributed by atoms with Crippen LogP contribution in [0.1, 0.15) is 51.9 Å². The average molecular weight is 1590 g/mol. The van der Waals surface area contributed by atoms with Crippen molar-refractivity contribution in [1.82, 2.24) is 48.9 Å². The lowest BCUT2D eigenvalue weighted by molar-refractivity contribution is -0.149. The highest BCUT2D eigenvalue weighted by molar-refractivity contribution is 9.10. The summed E-state index contributed by atoms with van der Waals surface area (Å²) >= 11 is 3.30. The normalized spacial score (nSPS) is 20.3. The monoisotopic (exact) mass is 1580 g/mol. The smallest absolute Gasteiger partial charge is 0.459 e. The van der Waals surface area contributed by atoms with Crippen LogP contribution in [0.5, 0.6) is 17.2 Å². The van der Waals surface area contributed by atoms with E-state index in [1.807, 2.05) is 24.3 Å². The highest BCUT2D eigenvalue weighted by Gasteiger charge is 2.41. The Morgan fingerprint density at radius 3 is 1.31 bits per heavy atom. The fourth-order valence-electron chi connectivity index (χ4n) is 9.71. The molecule has 3 aliphatic rings. The number of halogens is 1. The van der Waals surface area contributed by atoms with Crippen molar-refractivity contribution in [2.45, 2.75) is 95.9 Å². The Morgan fingerprint density at radius 1 is 0.533 bits per heavy atom. The third kappa shape index (κ3) is 23.5. The van der Waals surface area contributed by atoms with Crippen molar-refractivity contribution in [2.75, 3.05) is 71.1 Å². The lowest BCUT2D eigenvalue weighted by atomic mass is 10.1. The number of hydrogen-bond donors (Lipinski definition) is 7. The first-order chi connectivity index (χ1) is 50.2. The minimum absolute atomic E-state index is 0.0160. The molecule has 11 rings (SSSR count). The van der Waals surface area contributed by atoms with E-state index in [1.165, 1.54) is 78.6 Å². The van der Waals surface area contributed by atoms with Crippen molar-refractivity contribution >= 4 is 85.4 Å². The summed E-state index contributed by atoms with van der Waals surface area (Å²) < 4.78 is 127. The molecule has 3 aliphatic heterocycles. The van der Waals surface area contributed by atoms with Gasteiger partial charge in [0.25, 0.3) is 0 Å². The zero-order valence-corrected chi connectivity index (χ0v) is 61.4. The van der Waals surface area contributed by atoms with Crippen LogP contribution in [0.4, 0.5) is 17.5 Å². The van der Waals surface area contributed by atoms with Gasteiger partial charge in [0.15, 0.2) is 37.6 Å². The lowest BCUT2D eigenvalue weighted by Gasteiger charge is -2.25. The van der Waals surface area contributed by atoms with Crippen LogP contribution in [0.2, 0.25) is 0 Å². The largest absolute Gasteiger partial charge is 0.468 e. The molecule has 41 heteroatoms. The predicted molar refractivity (Wildman–Crippen MR) is 377 cm³/mol. The van der Waals surface area contributed by atoms with Crippen LogP contribution in [-0.4, -0.2) is 149 Å². The van der Waals surface area contributed by atoms with E-state index in [-0.39, 0.29) is 86.9 Å². The Labute approximate surface area is 607 Å². The molecular formula is C64H77BrN13O24P3. The summed E-state index contributed by atoms with van der Waals surface area (Å²) in [6.07, 6.45) is 0.661. The maximum Gasteiger partial charge on any atom is 0.459 e. The van der Waals surface area contributed by atoms with E-state index in [2.05, 4.69) is 55.9 Å². The van der Waals surface area contributed by atoms with Crippen molar-refractivity contribution in [2.24, 2.45) is 0 Å². The second-order valence-corrected chi connectivity index (χ2v) is 28.9. The molecule has 10 N–H and O–H groups in total. The number of aromatic amines is 1. The fourth-order valence-corrected chi connectivity index (χ4v) is 14.4. The Kier molecular flexibility index (Phi) is 28.4. The zero-order valence-electron chi connectivity index (χ0n) is 57.1. The SMILES string of the molecule is CC(C)OC(=O)[C@H](C)NP(=O)(OC[C@H]1OC[C@@H](n2ccc(N)nc2=O)O1)Oc1ccccc1.COC(=O)[C@@H](Cc1c[nH]c2ccccc12)NP(=O)(OC[C@H]1OC[C@@H](n2ccc(N)nc2=O)O1)Oc1ccccc1.COC(=O)[C@H](C)NP(=O)(OC[C@H]1OC[C@@H](n2ccc(N)nc2=O)O1)Oc1ccc(Br)cc1. The second-order valence-electron chi connectivity index (χ2n) is 22.9. The number of ether oxygens (including phenoxy) is 9. The number of hydrogen-bond acceptors (Lipinski definition) is 30. The van der Waals surface area contributed by atoms with Crippen molar-refractivity contribution in [3.8, 4) is 17.2 Å². The van der Waals surface area contributed by atoms with Gasteiger partial charge < -0.3 is 78.4 Å². The van der Waals surface area contributed by atoms with Crippen LogP contribution < -0.4 is 63.1 Å². The van der Waals surface area contributed by atoms with Gasteiger partial charge in [-0.3, -0.25) is 41.7 Å². The Balaban J connectivity index is 0.000000184. The minimum atomic E-state index is -4.22. The number of nitrogen functional groups attached to an aromatic ring is 3. The third-order valence-corrected chi connectivity index (χ3v) is 20.1. The van der Waals surface area contributed by atoms with Crippen LogP contribution in [0.15, 0.2) is 171 Å². The number of aromatic nitrogens is 7. The average Bonchev–Trinajstić information content (AvgIpc) is 1.73. The van der Waals surface area contributed by atoms with Crippen LogP contribution in [0.3, 0.4) is 0 Å². The number of nitrogens with two attached hydrogens (primary N) is 3. The highest BCUT2D eigenvalue weighted by atomic mass is 79.9. The molecule has 12 atom stereocenters. The third-order valence-electron chi connectivity index (χ3n) is 14.7. The molecule has 0 spiro atoms. The summed E-state index contributed by atoms with van der Waals surface area (Å²) in [5.41, 5.74) is 16.4. The summed E-state index contributed by atoms with van der Waals surface area (Å²) in [6, 6.07) is 32.2. The van der Waals surface area contributed by atoms with E-state index >= 15 is 0 Å². The molecule has 0 bridgehead atoms. The number of benzene rings is 4. The number of carbonyl (C=O) groups is 3. The van der Waals surface area contributed by atoms with Gasteiger partial charge in [0.1, 0.15) is 72.6 Å². The van der Waals surface area contributed by atoms with E-state index in [1.54, 1.807) is 105 Å². The summed E-state index contributed by atoms with van der Waals surface area (Å²) in [5, 5.41) is 8.75. The Morgan fingerprint density at radius 2 is 0.914 bits per heavy atom. The van der Waals surface area contributed by atoms with Gasteiger partial charge in [-0.05, 0) is 106 Å². The van der Waals surface area contributed by atoms with Crippen LogP contribution in [-0.2, 0) is 90.7 Å². The quantitative estimate of drug-likeness (QED) is 0.0145. The van der Waals surface area contributed by atoms with E-state index in [4.69, 9.17) is 82.2 Å². The van der Waals surface area contributed by atoms with Crippen molar-refractivity contribution < 1.29 is 97.9 Å². The van der Waals surface area contributed by atoms with Gasteiger partial charge in [-0.15, -0.1) is 0 Å². The van der Waals surface area contributed by atoms with Gasteiger partial charge in [0, 0.05) is 46.6 Å². The molecule has 4 aromatic carbocycles. The minimum Gasteiger partial charge on any atom is -0.468 e. The first-order valence-corrected chi connectivity index (χ1v) is 37.4. The number of esters is 3. The summed E-state index contributed by atoms with van der Waals surface area (Å²) in [7, 11) is -9.90. The number of carbonyl (C=O) groups excluding carboxylic acids is 3. The molecule has 7 heterocycles. The standard InChI is InChI=1S/C26H28N5O8P.C20H27N4O8P.C18H22BrN4O8P/c1-35-25(32)21(13-17-14-28-20-10-6-5-9-19(17)20)30-40(34,39-18-7-3-2-4-8-18)37-16-24-36-15-23(38-24)31-12-11-22(27)29-26(31)33;1-13(2)30-19(25)14(3)23-33(27,32-15-7-5-4-6-8-15)29-12-18-28-11-17(31-18)24-10-9-16(21)22-20(24)26;1-11(17(24)27-2)22-32(26,31-13-5-3-12(19)4-6-13)29-10-16-28-9-15(30-16)23-8-7-14(20)21-18(23)25/h2-12,14,21,23-24,28H,13,15-16H2,1H3,(H,30,34)(H2,27,29,33);4-10,13-14,17-18H,11-12H2,1-3H3,(H,23,27)(H2,21,22,26);3-8,11,15-16H,9-10H2,1-2H3,(H,22,26)(H2,20,21,25)/t21-,23+,24+,40?;14-,17-,18-,33?;11-,15-,16-,32?/m100/s1. The summed E-state index contributed by atoms with van der Waals surface area (Å²) in [5.74, 6) is -0.916. The molecule has 0 saturated carbocycles. The number of anilines is 3. The first-order valence-electron chi connectivity index (χ1n) is 32.0. The number of methoxy groups -OCH3 is 2. The summed E-state index contributed by atoms with van der Waals surface area (Å²) in [6.45, 7) is 5.45. The van der Waals surface area contributed by atoms with Crippen LogP contribution in [0, 0.1) is 0 Å². The van der Waals surface area contributed by atoms with Crippen LogP contribution >= 0.6 is 39.2 Å². The molecule has 0 radical (unpaired) electrons. The Hall–Kier alpha value is -9.04. The van der Waals surface area contributed by atoms with Crippen molar-refractivity contribution in [3.05, 3.63) is 194 Å². The van der Waals surface area contributed by atoms with Gasteiger partial charge in [-0.2, -0.15) is 30.2 Å². The van der Waals surface area contributed by atoms with E-state index in [0.29, 0.717) is 0 Å². The molecule has 0 amide bonds. The fraction of sp³-hybridized carbons (Fsp3) is 0.359. The number of fused-ring (bicyclic) bond motifs is 1. The molecule has 0 aliphatic carbocycles. The second kappa shape index (κ2) is 37.3. The predicted octanol–water partition coefficient (Wildman–Crippen LogP) is 6.40. The topological polar surface area (TPSA) is 475 Å². The molecule has 3 fully saturated rings. The maximum atomic E-state index is 14.0. The number of nitrogens with zero attached hydrogens (tertiary/aromatic N) is 6. The first kappa shape index (κ1) is 80.1. The number of para-hydroxylation sites is 3. The van der Waals surface area contributed by atoms with Crippen molar-refractivity contribution in [1.29, 1.82) is 0 Å². The van der Waals surface area contributed by atoms with Crippen molar-refractivity contribution in [3.63, 3.8) is 0 Å². The van der Waals surface area contributed by atoms with Gasteiger partial charge >= 0.3 is 58.2 Å². The van der Waals surface area contributed by atoms with E-state index in [0.717, 1.165) is 20.9 Å². The van der Waals surface area contributed by atoms with Crippen LogP contribution in [0.25, 0.3) is 10.9 Å². The van der Waals surface area contributed by atoms with E-state index < -0.39 is 114 Å². The number of nitrogens with one attached hydrogen (secondary N) is 4. The van der Waals surface area contributed by atoms with Gasteiger partial charge in [-0.25, -0.2) is 28.1 Å². The molecule has 105 heavy (non-hydrogen) atoms. The highest BCUT2D eigenvalue weighted by Crippen LogP contribution is 2.48. The molecule has 8 aromatic rings. The molecule has 3 saturated heterocycles. The molecule has 37 nitrogen and oxygen atoms in total. The molecule has 3 unspecified atom stereocenters. The lowest BCUT2D eigenvalue weighted by Crippen LogP contribution is -2.39.